The molecule has 1 aromatic carbocycles. The van der Waals surface area contributed by atoms with Crippen molar-refractivity contribution in [2.24, 2.45) is 0 Å². The monoisotopic (exact) mass is 388 g/mol. The molecule has 2 saturated heterocycles. The van der Waals surface area contributed by atoms with Gasteiger partial charge in [0.25, 0.3) is 0 Å². The predicted molar refractivity (Wildman–Crippen MR) is 93.8 cm³/mol. The maximum atomic E-state index is 14.0. The van der Waals surface area contributed by atoms with Gasteiger partial charge in [-0.25, -0.2) is 12.8 Å². The molecule has 0 saturated carbocycles. The fraction of sp³-hybridized carbons (Fsp3) is 0.588. The molecule has 0 spiro atoms. The lowest BCUT2D eigenvalue weighted by atomic mass is 10.1. The van der Waals surface area contributed by atoms with Gasteiger partial charge in [-0.1, -0.05) is 11.6 Å². The van der Waals surface area contributed by atoms with Gasteiger partial charge in [-0.15, -0.1) is 0 Å². The van der Waals surface area contributed by atoms with Crippen molar-refractivity contribution in [2.45, 2.75) is 49.7 Å². The Hall–Kier alpha value is -1.18. The fourth-order valence-corrected chi connectivity index (χ4v) is 5.31. The second kappa shape index (κ2) is 7.21. The molecule has 2 atom stereocenters. The van der Waals surface area contributed by atoms with Gasteiger partial charge in [0.1, 0.15) is 12.2 Å². The van der Waals surface area contributed by atoms with E-state index >= 15 is 0 Å². The first kappa shape index (κ1) is 18.6. The number of hydrogen-bond acceptors (Lipinski definition) is 3. The summed E-state index contributed by atoms with van der Waals surface area (Å²) in [7, 11) is -3.96. The summed E-state index contributed by atoms with van der Waals surface area (Å²) in [6.45, 7) is 2.65. The van der Waals surface area contributed by atoms with E-state index in [2.05, 4.69) is 0 Å². The number of carbonyl (C=O) groups excluding carboxylic acids is 1. The van der Waals surface area contributed by atoms with Crippen LogP contribution in [-0.2, 0) is 14.8 Å². The smallest absolute Gasteiger partial charge is 0.243 e. The van der Waals surface area contributed by atoms with E-state index in [-0.39, 0.29) is 23.8 Å². The van der Waals surface area contributed by atoms with Crippen LogP contribution in [0.3, 0.4) is 0 Å². The normalized spacial score (nSPS) is 25.3. The molecule has 2 aliphatic rings. The van der Waals surface area contributed by atoms with Crippen molar-refractivity contribution in [2.75, 3.05) is 19.6 Å². The Balaban J connectivity index is 1.89. The largest absolute Gasteiger partial charge is 0.341 e. The molecule has 1 amide bonds. The number of carbonyl (C=O) groups is 1. The Morgan fingerprint density at radius 2 is 1.92 bits per heavy atom. The van der Waals surface area contributed by atoms with Gasteiger partial charge in [0.05, 0.1) is 4.90 Å². The van der Waals surface area contributed by atoms with Crippen LogP contribution < -0.4 is 0 Å². The third-order valence-corrected chi connectivity index (χ3v) is 7.19. The molecular formula is C17H22ClFN2O3S. The van der Waals surface area contributed by atoms with E-state index in [1.807, 2.05) is 0 Å². The quantitative estimate of drug-likeness (QED) is 0.800. The number of alkyl halides is 1. The molecule has 5 nitrogen and oxygen atoms in total. The molecular weight excluding hydrogens is 367 g/mol. The summed E-state index contributed by atoms with van der Waals surface area (Å²) in [4.78, 5) is 14.5. The van der Waals surface area contributed by atoms with Crippen molar-refractivity contribution in [3.63, 3.8) is 0 Å². The van der Waals surface area contributed by atoms with Gasteiger partial charge >= 0.3 is 0 Å². The fourth-order valence-electron chi connectivity index (χ4n) is 3.48. The Kier molecular flexibility index (Phi) is 5.37. The maximum Gasteiger partial charge on any atom is 0.243 e. The summed E-state index contributed by atoms with van der Waals surface area (Å²) >= 11 is 5.97. The highest BCUT2D eigenvalue weighted by Crippen LogP contribution is 2.31. The topological polar surface area (TPSA) is 57.7 Å². The number of halogens is 2. The number of rotatable bonds is 3. The van der Waals surface area contributed by atoms with E-state index < -0.39 is 22.2 Å². The molecule has 0 aliphatic carbocycles. The average molecular weight is 389 g/mol. The van der Waals surface area contributed by atoms with Crippen molar-refractivity contribution in [3.05, 3.63) is 28.8 Å². The minimum absolute atomic E-state index is 0.0416. The highest BCUT2D eigenvalue weighted by atomic mass is 35.5. The molecule has 138 valence electrons. The summed E-state index contributed by atoms with van der Waals surface area (Å²) in [5, 5.41) is 0.463. The van der Waals surface area contributed by atoms with Gasteiger partial charge in [0.15, 0.2) is 0 Å². The zero-order chi connectivity index (χ0) is 18.2. The molecule has 2 heterocycles. The third-order valence-electron chi connectivity index (χ3n) is 4.89. The van der Waals surface area contributed by atoms with Gasteiger partial charge in [-0.05, 0) is 49.9 Å². The van der Waals surface area contributed by atoms with Crippen LogP contribution in [0.5, 0.6) is 0 Å². The molecule has 0 N–H and O–H groups in total. The predicted octanol–water partition coefficient (Wildman–Crippen LogP) is 2.76. The van der Waals surface area contributed by atoms with Crippen LogP contribution >= 0.6 is 11.6 Å². The molecule has 1 aromatic rings. The zero-order valence-corrected chi connectivity index (χ0v) is 15.7. The van der Waals surface area contributed by atoms with Gasteiger partial charge < -0.3 is 4.90 Å². The van der Waals surface area contributed by atoms with Gasteiger partial charge in [-0.2, -0.15) is 4.31 Å². The summed E-state index contributed by atoms with van der Waals surface area (Å²) in [5.41, 5.74) is 0.623. The van der Waals surface area contributed by atoms with Crippen LogP contribution in [0.2, 0.25) is 5.02 Å². The standard InChI is InChI=1S/C17H22ClFN2O3S/c1-12-9-14(5-6-15(12)18)25(23,24)21-11-13(19)10-16(21)17(22)20-7-3-2-4-8-20/h5-6,9,13,16H,2-4,7-8,10-11H2,1H3/t13-,16-/m0/s1. The van der Waals surface area contributed by atoms with E-state index in [9.17, 15) is 17.6 Å². The molecule has 2 fully saturated rings. The number of nitrogens with zero attached hydrogens (tertiary/aromatic N) is 2. The lowest BCUT2D eigenvalue weighted by Crippen LogP contribution is -2.49. The second-order valence-corrected chi connectivity index (χ2v) is 9.02. The Morgan fingerprint density at radius 1 is 1.24 bits per heavy atom. The minimum Gasteiger partial charge on any atom is -0.341 e. The van der Waals surface area contributed by atoms with E-state index in [0.29, 0.717) is 23.7 Å². The van der Waals surface area contributed by atoms with Gasteiger partial charge in [-0.3, -0.25) is 4.79 Å². The van der Waals surface area contributed by atoms with Crippen molar-refractivity contribution in [3.8, 4) is 0 Å². The van der Waals surface area contributed by atoms with Crippen LogP contribution in [0.1, 0.15) is 31.2 Å². The SMILES string of the molecule is Cc1cc(S(=O)(=O)N2C[C@@H](F)C[C@H]2C(=O)N2CCCCC2)ccc1Cl. The van der Waals surface area contributed by atoms with Gasteiger partial charge in [0.2, 0.25) is 15.9 Å². The molecule has 8 heteroatoms. The number of benzene rings is 1. The van der Waals surface area contributed by atoms with Crippen LogP contribution in [0, 0.1) is 6.92 Å². The van der Waals surface area contributed by atoms with Gasteiger partial charge in [0, 0.05) is 31.1 Å². The van der Waals surface area contributed by atoms with Crippen molar-refractivity contribution in [1.82, 2.24) is 9.21 Å². The molecule has 0 aromatic heterocycles. The lowest BCUT2D eigenvalue weighted by molar-refractivity contribution is -0.135. The summed E-state index contributed by atoms with van der Waals surface area (Å²) in [6.07, 6.45) is 1.45. The zero-order valence-electron chi connectivity index (χ0n) is 14.1. The molecule has 0 radical (unpaired) electrons. The van der Waals surface area contributed by atoms with E-state index in [4.69, 9.17) is 11.6 Å². The summed E-state index contributed by atoms with van der Waals surface area (Å²) in [5.74, 6) is -0.283. The number of piperidine rings is 1. The van der Waals surface area contributed by atoms with E-state index in [1.165, 1.54) is 18.2 Å². The first-order valence-corrected chi connectivity index (χ1v) is 10.3. The number of sulfonamides is 1. The maximum absolute atomic E-state index is 14.0. The molecule has 0 bridgehead atoms. The molecule has 0 unspecified atom stereocenters. The molecule has 2 aliphatic heterocycles. The Bertz CT molecular complexity index is 765. The van der Waals surface area contributed by atoms with Crippen molar-refractivity contribution < 1.29 is 17.6 Å². The van der Waals surface area contributed by atoms with Crippen molar-refractivity contribution >= 4 is 27.5 Å². The third kappa shape index (κ3) is 3.68. The second-order valence-electron chi connectivity index (χ2n) is 6.72. The first-order chi connectivity index (χ1) is 11.8. The summed E-state index contributed by atoms with van der Waals surface area (Å²) < 4.78 is 41.0. The van der Waals surface area contributed by atoms with E-state index in [0.717, 1.165) is 23.6 Å². The minimum atomic E-state index is -3.96. The van der Waals surface area contributed by atoms with Crippen LogP contribution in [0.4, 0.5) is 4.39 Å². The molecule has 3 rings (SSSR count). The van der Waals surface area contributed by atoms with E-state index in [1.54, 1.807) is 11.8 Å². The number of amides is 1. The van der Waals surface area contributed by atoms with Crippen LogP contribution in [0.15, 0.2) is 23.1 Å². The molecule has 25 heavy (non-hydrogen) atoms. The van der Waals surface area contributed by atoms with Crippen molar-refractivity contribution in [1.29, 1.82) is 0 Å². The Morgan fingerprint density at radius 3 is 2.56 bits per heavy atom. The lowest BCUT2D eigenvalue weighted by Gasteiger charge is -2.32. The average Bonchev–Trinajstić information content (AvgIpc) is 3.00. The number of aryl methyl sites for hydroxylation is 1. The number of likely N-dealkylation sites (tertiary alicyclic amines) is 1. The Labute approximate surface area is 152 Å². The summed E-state index contributed by atoms with van der Waals surface area (Å²) in [6, 6.07) is 3.41. The number of hydrogen-bond donors (Lipinski definition) is 0. The van der Waals surface area contributed by atoms with Crippen LogP contribution in [0.25, 0.3) is 0 Å². The highest BCUT2D eigenvalue weighted by molar-refractivity contribution is 7.89. The van der Waals surface area contributed by atoms with Crippen LogP contribution in [-0.4, -0.2) is 55.4 Å². The highest BCUT2D eigenvalue weighted by Gasteiger charge is 2.45. The first-order valence-electron chi connectivity index (χ1n) is 8.51.